The van der Waals surface area contributed by atoms with E-state index >= 15 is 0 Å². The number of carbonyl (C=O) groups excluding carboxylic acids is 1. The van der Waals surface area contributed by atoms with Crippen molar-refractivity contribution in [1.29, 1.82) is 0 Å². The molecule has 3 aromatic rings. The topological polar surface area (TPSA) is 57.3 Å². The largest absolute Gasteiger partial charge is 0.419 e. The third kappa shape index (κ3) is 5.24. The van der Waals surface area contributed by atoms with Crippen molar-refractivity contribution in [2.45, 2.75) is 43.9 Å². The van der Waals surface area contributed by atoms with Gasteiger partial charge < -0.3 is 15.5 Å². The molecule has 34 heavy (non-hydrogen) atoms. The van der Waals surface area contributed by atoms with Gasteiger partial charge in [-0.2, -0.15) is 13.2 Å². The first kappa shape index (κ1) is 23.8. The number of amides is 1. The van der Waals surface area contributed by atoms with Crippen LogP contribution < -0.4 is 15.5 Å². The molecule has 0 bridgehead atoms. The maximum Gasteiger partial charge on any atom is 0.419 e. The summed E-state index contributed by atoms with van der Waals surface area (Å²) in [5.74, 6) is -1.25. The Balaban J connectivity index is 1.37. The van der Waals surface area contributed by atoms with Gasteiger partial charge in [-0.05, 0) is 49.9 Å². The van der Waals surface area contributed by atoms with Crippen molar-refractivity contribution < 1.29 is 22.4 Å². The number of hydrogen-bond donors (Lipinski definition) is 2. The minimum absolute atomic E-state index is 0.160. The van der Waals surface area contributed by atoms with Gasteiger partial charge in [0.25, 0.3) is 5.91 Å². The molecule has 0 saturated heterocycles. The van der Waals surface area contributed by atoms with Crippen LogP contribution in [-0.2, 0) is 6.18 Å². The number of nitrogens with one attached hydrogen (secondary N) is 2. The van der Waals surface area contributed by atoms with E-state index in [0.717, 1.165) is 41.3 Å². The Morgan fingerprint density at radius 2 is 1.68 bits per heavy atom. The molecule has 1 aliphatic carbocycles. The van der Waals surface area contributed by atoms with Gasteiger partial charge in [-0.15, -0.1) is 0 Å². The van der Waals surface area contributed by atoms with Gasteiger partial charge >= 0.3 is 6.18 Å². The number of nitrogens with zero attached hydrogens (tertiary/aromatic N) is 2. The molecule has 0 spiro atoms. The summed E-state index contributed by atoms with van der Waals surface area (Å²) < 4.78 is 52.3. The molecule has 1 aliphatic rings. The average Bonchev–Trinajstić information content (AvgIpc) is 2.79. The first-order valence-electron chi connectivity index (χ1n) is 11.1. The molecule has 0 radical (unpaired) electrons. The number of anilines is 2. The maximum atomic E-state index is 13.5. The van der Waals surface area contributed by atoms with Crippen molar-refractivity contribution in [2.75, 3.05) is 24.3 Å². The van der Waals surface area contributed by atoms with E-state index in [9.17, 15) is 22.4 Å². The summed E-state index contributed by atoms with van der Waals surface area (Å²) in [6.45, 7) is 0. The summed E-state index contributed by atoms with van der Waals surface area (Å²) >= 11 is 0. The number of rotatable bonds is 5. The minimum Gasteiger partial charge on any atom is -0.377 e. The summed E-state index contributed by atoms with van der Waals surface area (Å²) in [6.07, 6.45) is -1.97. The third-order valence-electron chi connectivity index (χ3n) is 6.12. The molecule has 4 rings (SSSR count). The number of fused-ring (bicyclic) bond motifs is 1. The Hall–Kier alpha value is -3.36. The molecule has 0 aliphatic heterocycles. The van der Waals surface area contributed by atoms with E-state index in [0.29, 0.717) is 25.0 Å². The Morgan fingerprint density at radius 3 is 2.35 bits per heavy atom. The van der Waals surface area contributed by atoms with E-state index in [1.807, 2.05) is 49.3 Å². The van der Waals surface area contributed by atoms with Gasteiger partial charge in [-0.3, -0.25) is 4.79 Å². The zero-order valence-electron chi connectivity index (χ0n) is 18.9. The van der Waals surface area contributed by atoms with Crippen molar-refractivity contribution in [3.05, 3.63) is 65.5 Å². The molecule has 1 amide bonds. The fraction of sp³-hybridized carbons (Fsp3) is 0.360. The summed E-state index contributed by atoms with van der Waals surface area (Å²) in [5.41, 5.74) is 0.319. The number of benzene rings is 2. The molecule has 1 aromatic heterocycles. The van der Waals surface area contributed by atoms with Gasteiger partial charge in [-0.25, -0.2) is 9.37 Å². The van der Waals surface area contributed by atoms with Crippen LogP contribution in [0.5, 0.6) is 0 Å². The lowest BCUT2D eigenvalue weighted by Crippen LogP contribution is -2.40. The number of alkyl halides is 3. The quantitative estimate of drug-likeness (QED) is 0.472. The zero-order chi connectivity index (χ0) is 24.5. The molecule has 1 saturated carbocycles. The molecule has 1 heterocycles. The Kier molecular flexibility index (Phi) is 6.63. The lowest BCUT2D eigenvalue weighted by Gasteiger charge is -2.30. The van der Waals surface area contributed by atoms with E-state index < -0.39 is 23.5 Å². The molecule has 2 N–H and O–H groups in total. The Bertz CT molecular complexity index is 1190. The van der Waals surface area contributed by atoms with Gasteiger partial charge in [0.15, 0.2) is 0 Å². The van der Waals surface area contributed by atoms with E-state index in [1.54, 1.807) is 0 Å². The van der Waals surface area contributed by atoms with Crippen molar-refractivity contribution in [3.63, 3.8) is 0 Å². The van der Waals surface area contributed by atoms with E-state index in [1.165, 1.54) is 0 Å². The van der Waals surface area contributed by atoms with Crippen molar-refractivity contribution in [1.82, 2.24) is 10.3 Å². The number of carbonyl (C=O) groups is 1. The molecule has 1 fully saturated rings. The zero-order valence-corrected chi connectivity index (χ0v) is 18.9. The number of hydrogen-bond acceptors (Lipinski definition) is 4. The van der Waals surface area contributed by atoms with Crippen molar-refractivity contribution in [2.24, 2.45) is 0 Å². The SMILES string of the molecule is CN(C)c1cc(N[C@H]2CC[C@@H](NC(=O)c3ccc(F)c(C(F)(F)F)c3)CC2)nc2ccccc12. The second-order valence-corrected chi connectivity index (χ2v) is 8.80. The minimum atomic E-state index is -4.85. The fourth-order valence-electron chi connectivity index (χ4n) is 4.34. The summed E-state index contributed by atoms with van der Waals surface area (Å²) in [4.78, 5) is 19.2. The van der Waals surface area contributed by atoms with Crippen LogP contribution in [0.4, 0.5) is 29.1 Å². The number of aromatic nitrogens is 1. The normalized spacial score (nSPS) is 18.5. The van der Waals surface area contributed by atoms with Gasteiger partial charge in [0, 0.05) is 48.9 Å². The highest BCUT2D eigenvalue weighted by molar-refractivity contribution is 5.95. The highest BCUT2D eigenvalue weighted by atomic mass is 19.4. The first-order valence-corrected chi connectivity index (χ1v) is 11.1. The summed E-state index contributed by atoms with van der Waals surface area (Å²) in [6, 6.07) is 12.3. The second kappa shape index (κ2) is 9.48. The number of para-hydroxylation sites is 1. The van der Waals surface area contributed by atoms with Crippen LogP contribution in [0.25, 0.3) is 10.9 Å². The summed E-state index contributed by atoms with van der Waals surface area (Å²) in [7, 11) is 3.97. The molecule has 0 unspecified atom stereocenters. The van der Waals surface area contributed by atoms with Crippen LogP contribution in [0.2, 0.25) is 0 Å². The molecule has 9 heteroatoms. The Morgan fingerprint density at radius 1 is 1.00 bits per heavy atom. The molecule has 180 valence electrons. The van der Waals surface area contributed by atoms with Crippen molar-refractivity contribution >= 4 is 28.3 Å². The first-order chi connectivity index (χ1) is 16.1. The van der Waals surface area contributed by atoms with Gasteiger partial charge in [0.05, 0.1) is 11.1 Å². The van der Waals surface area contributed by atoms with Gasteiger partial charge in [0.2, 0.25) is 0 Å². The van der Waals surface area contributed by atoms with Crippen LogP contribution in [0, 0.1) is 5.82 Å². The van der Waals surface area contributed by atoms with Crippen LogP contribution in [0.1, 0.15) is 41.6 Å². The van der Waals surface area contributed by atoms with Crippen molar-refractivity contribution in [3.8, 4) is 0 Å². The number of pyridine rings is 1. The summed E-state index contributed by atoms with van der Waals surface area (Å²) in [5, 5.41) is 7.34. The van der Waals surface area contributed by atoms with Crippen LogP contribution in [-0.4, -0.2) is 37.1 Å². The molecular formula is C25H26F4N4O. The Labute approximate surface area is 195 Å². The fourth-order valence-corrected chi connectivity index (χ4v) is 4.34. The molecule has 2 aromatic carbocycles. The average molecular weight is 475 g/mol. The van der Waals surface area contributed by atoms with Crippen LogP contribution in [0.3, 0.4) is 0 Å². The third-order valence-corrected chi connectivity index (χ3v) is 6.12. The molecular weight excluding hydrogens is 448 g/mol. The predicted octanol–water partition coefficient (Wildman–Crippen LogP) is 5.61. The molecule has 0 atom stereocenters. The van der Waals surface area contributed by atoms with Gasteiger partial charge in [0.1, 0.15) is 11.6 Å². The van der Waals surface area contributed by atoms with E-state index in [-0.39, 0.29) is 17.6 Å². The monoisotopic (exact) mass is 474 g/mol. The van der Waals surface area contributed by atoms with E-state index in [4.69, 9.17) is 4.98 Å². The highest BCUT2D eigenvalue weighted by Crippen LogP contribution is 2.32. The van der Waals surface area contributed by atoms with Crippen LogP contribution in [0.15, 0.2) is 48.5 Å². The maximum absolute atomic E-state index is 13.5. The lowest BCUT2D eigenvalue weighted by molar-refractivity contribution is -0.140. The second-order valence-electron chi connectivity index (χ2n) is 8.80. The number of halogens is 4. The highest BCUT2D eigenvalue weighted by Gasteiger charge is 2.35. The predicted molar refractivity (Wildman–Crippen MR) is 125 cm³/mol. The smallest absolute Gasteiger partial charge is 0.377 e. The lowest BCUT2D eigenvalue weighted by atomic mass is 9.91. The van der Waals surface area contributed by atoms with Gasteiger partial charge in [-0.1, -0.05) is 18.2 Å². The standard InChI is InChI=1S/C25H26F4N4O/c1-33(2)22-14-23(32-21-6-4-3-5-18(21)22)30-16-8-10-17(11-9-16)31-24(34)15-7-12-20(26)19(13-15)25(27,28)29/h3-7,12-14,16-17H,8-11H2,1-2H3,(H,30,32)(H,31,34)/t16-,17+. The molecule has 5 nitrogen and oxygen atoms in total. The van der Waals surface area contributed by atoms with E-state index in [2.05, 4.69) is 10.6 Å². The van der Waals surface area contributed by atoms with Crippen LogP contribution >= 0.6 is 0 Å².